The second kappa shape index (κ2) is 7.76. The van der Waals surface area contributed by atoms with Crippen LogP contribution in [0.15, 0.2) is 70.8 Å². The highest BCUT2D eigenvalue weighted by molar-refractivity contribution is 7.99. The molecule has 2 aliphatic heterocycles. The maximum absolute atomic E-state index is 6.50. The number of nitrogens with two attached hydrogens (primary N) is 1. The Balaban J connectivity index is 1.29. The number of imidazole rings is 1. The molecule has 2 aromatic heterocycles. The fourth-order valence-electron chi connectivity index (χ4n) is 5.22. The van der Waals surface area contributed by atoms with Gasteiger partial charge in [0.05, 0.1) is 17.6 Å². The van der Waals surface area contributed by atoms with Gasteiger partial charge in [-0.05, 0) is 36.6 Å². The van der Waals surface area contributed by atoms with E-state index in [1.54, 1.807) is 11.8 Å². The van der Waals surface area contributed by atoms with Crippen LogP contribution in [-0.4, -0.2) is 46.2 Å². The topological polar surface area (TPSA) is 68.7 Å². The first-order valence-electron chi connectivity index (χ1n) is 11.2. The van der Waals surface area contributed by atoms with Crippen LogP contribution in [0.25, 0.3) is 16.4 Å². The standard InChI is InChI=1S/C25H27N5OS/c1-17-22(26)25(16-31-17)9-12-29(13-10-25)24-28-15-21(23-27-11-14-30(23)24)32-20-8-4-6-18-5-2-3-7-19(18)20/h2-8,11,14-15,17,22H,9-10,12-13,16,26H2,1H3/t17-,22+/m0/s1. The smallest absolute Gasteiger partial charge is 0.211 e. The van der Waals surface area contributed by atoms with Gasteiger partial charge in [0.25, 0.3) is 0 Å². The Bertz CT molecular complexity index is 1270. The van der Waals surface area contributed by atoms with E-state index in [1.165, 1.54) is 15.7 Å². The number of hydrogen-bond acceptors (Lipinski definition) is 6. The molecule has 0 aliphatic carbocycles. The van der Waals surface area contributed by atoms with Gasteiger partial charge in [0.2, 0.25) is 5.95 Å². The van der Waals surface area contributed by atoms with Crippen LogP contribution in [0.2, 0.25) is 0 Å². The van der Waals surface area contributed by atoms with Crippen molar-refractivity contribution in [2.75, 3.05) is 24.6 Å². The molecular formula is C25H27N5OS. The van der Waals surface area contributed by atoms with Crippen molar-refractivity contribution in [2.24, 2.45) is 11.1 Å². The molecule has 32 heavy (non-hydrogen) atoms. The zero-order valence-electron chi connectivity index (χ0n) is 18.1. The summed E-state index contributed by atoms with van der Waals surface area (Å²) in [4.78, 5) is 14.2. The molecule has 2 N–H and O–H groups in total. The van der Waals surface area contributed by atoms with Gasteiger partial charge in [-0.15, -0.1) is 0 Å². The molecule has 4 aromatic rings. The van der Waals surface area contributed by atoms with E-state index < -0.39 is 0 Å². The zero-order valence-corrected chi connectivity index (χ0v) is 19.0. The predicted molar refractivity (Wildman–Crippen MR) is 128 cm³/mol. The molecule has 0 unspecified atom stereocenters. The van der Waals surface area contributed by atoms with Gasteiger partial charge >= 0.3 is 0 Å². The summed E-state index contributed by atoms with van der Waals surface area (Å²) in [7, 11) is 0. The van der Waals surface area contributed by atoms with Crippen LogP contribution in [0.3, 0.4) is 0 Å². The van der Waals surface area contributed by atoms with Crippen LogP contribution in [0.4, 0.5) is 5.95 Å². The van der Waals surface area contributed by atoms with E-state index in [2.05, 4.69) is 63.7 Å². The Morgan fingerprint density at radius 1 is 1.06 bits per heavy atom. The number of hydrogen-bond donors (Lipinski definition) is 1. The van der Waals surface area contributed by atoms with Crippen molar-refractivity contribution < 1.29 is 4.74 Å². The molecule has 0 saturated carbocycles. The number of fused-ring (bicyclic) bond motifs is 2. The number of rotatable bonds is 3. The van der Waals surface area contributed by atoms with Crippen LogP contribution in [0, 0.1) is 5.41 Å². The molecule has 0 radical (unpaired) electrons. The molecular weight excluding hydrogens is 418 g/mol. The number of anilines is 1. The lowest BCUT2D eigenvalue weighted by atomic mass is 9.73. The average Bonchev–Trinajstić information content (AvgIpc) is 3.42. The van der Waals surface area contributed by atoms with Gasteiger partial charge in [0.15, 0.2) is 5.65 Å². The van der Waals surface area contributed by atoms with Gasteiger partial charge in [0.1, 0.15) is 0 Å². The van der Waals surface area contributed by atoms with E-state index >= 15 is 0 Å². The highest BCUT2D eigenvalue weighted by atomic mass is 32.2. The van der Waals surface area contributed by atoms with Crippen molar-refractivity contribution in [3.05, 3.63) is 61.1 Å². The van der Waals surface area contributed by atoms with Gasteiger partial charge in [-0.3, -0.25) is 4.40 Å². The van der Waals surface area contributed by atoms with E-state index in [-0.39, 0.29) is 17.6 Å². The third-order valence-electron chi connectivity index (χ3n) is 7.23. The summed E-state index contributed by atoms with van der Waals surface area (Å²) in [5.74, 6) is 0.954. The SMILES string of the molecule is C[C@@H]1OCC2(CCN(c3ncc(Sc4cccc5ccccc45)c4nccn34)CC2)[C@@H]1N. The molecule has 2 aliphatic rings. The van der Waals surface area contributed by atoms with Gasteiger partial charge in [-0.25, -0.2) is 9.97 Å². The average molecular weight is 446 g/mol. The molecule has 0 amide bonds. The van der Waals surface area contributed by atoms with Gasteiger partial charge in [-0.1, -0.05) is 48.2 Å². The first-order chi connectivity index (χ1) is 15.6. The Morgan fingerprint density at radius 3 is 2.69 bits per heavy atom. The Hall–Kier alpha value is -2.61. The molecule has 164 valence electrons. The normalized spacial score (nSPS) is 22.9. The summed E-state index contributed by atoms with van der Waals surface area (Å²) < 4.78 is 8.01. The maximum atomic E-state index is 6.50. The summed E-state index contributed by atoms with van der Waals surface area (Å²) in [6, 6.07) is 15.0. The lowest BCUT2D eigenvalue weighted by Crippen LogP contribution is -2.51. The summed E-state index contributed by atoms with van der Waals surface area (Å²) in [6.07, 6.45) is 8.06. The fraction of sp³-hybridized carbons (Fsp3) is 0.360. The molecule has 2 aromatic carbocycles. The van der Waals surface area contributed by atoms with Crippen molar-refractivity contribution in [1.82, 2.24) is 14.4 Å². The molecule has 0 bridgehead atoms. The van der Waals surface area contributed by atoms with Crippen LogP contribution in [-0.2, 0) is 4.74 Å². The molecule has 6 nitrogen and oxygen atoms in total. The summed E-state index contributed by atoms with van der Waals surface area (Å²) >= 11 is 1.72. The highest BCUT2D eigenvalue weighted by Gasteiger charge is 2.47. The quantitative estimate of drug-likeness (QED) is 0.505. The molecule has 1 spiro atoms. The van der Waals surface area contributed by atoms with E-state index in [0.717, 1.165) is 49.0 Å². The van der Waals surface area contributed by atoms with Crippen molar-refractivity contribution in [2.45, 2.75) is 41.7 Å². The minimum atomic E-state index is 0.105. The van der Waals surface area contributed by atoms with Crippen LogP contribution in [0.1, 0.15) is 19.8 Å². The van der Waals surface area contributed by atoms with Gasteiger partial charge in [-0.2, -0.15) is 0 Å². The van der Waals surface area contributed by atoms with Crippen LogP contribution in [0.5, 0.6) is 0 Å². The van der Waals surface area contributed by atoms with E-state index in [1.807, 2.05) is 18.6 Å². The highest BCUT2D eigenvalue weighted by Crippen LogP contribution is 2.42. The fourth-order valence-corrected chi connectivity index (χ4v) is 6.24. The van der Waals surface area contributed by atoms with Crippen molar-refractivity contribution >= 4 is 34.1 Å². The molecule has 2 saturated heterocycles. The van der Waals surface area contributed by atoms with Crippen molar-refractivity contribution in [3.63, 3.8) is 0 Å². The van der Waals surface area contributed by atoms with Crippen LogP contribution < -0.4 is 10.6 Å². The van der Waals surface area contributed by atoms with Gasteiger partial charge in [0, 0.05) is 48.0 Å². The first-order valence-corrected chi connectivity index (χ1v) is 12.1. The number of piperidine rings is 1. The van der Waals surface area contributed by atoms with E-state index in [0.29, 0.717) is 0 Å². The summed E-state index contributed by atoms with van der Waals surface area (Å²) in [5.41, 5.74) is 7.55. The molecule has 6 rings (SSSR count). The minimum Gasteiger partial charge on any atom is -0.376 e. The molecule has 4 heterocycles. The second-order valence-electron chi connectivity index (χ2n) is 9.01. The number of aromatic nitrogens is 3. The summed E-state index contributed by atoms with van der Waals surface area (Å²) in [6.45, 7) is 4.73. The Morgan fingerprint density at radius 2 is 1.88 bits per heavy atom. The maximum Gasteiger partial charge on any atom is 0.211 e. The van der Waals surface area contributed by atoms with Crippen LogP contribution >= 0.6 is 11.8 Å². The molecule has 2 atom stereocenters. The first kappa shape index (κ1) is 20.0. The van der Waals surface area contributed by atoms with E-state index in [4.69, 9.17) is 15.5 Å². The van der Waals surface area contributed by atoms with Gasteiger partial charge < -0.3 is 15.4 Å². The second-order valence-corrected chi connectivity index (χ2v) is 10.1. The number of benzene rings is 2. The minimum absolute atomic E-state index is 0.105. The lowest BCUT2D eigenvalue weighted by Gasteiger charge is -2.41. The predicted octanol–water partition coefficient (Wildman–Crippen LogP) is 4.37. The molecule has 2 fully saturated rings. The monoisotopic (exact) mass is 445 g/mol. The zero-order chi connectivity index (χ0) is 21.7. The number of ether oxygens (including phenoxy) is 1. The summed E-state index contributed by atoms with van der Waals surface area (Å²) in [5, 5.41) is 2.49. The molecule has 7 heteroatoms. The lowest BCUT2D eigenvalue weighted by molar-refractivity contribution is 0.0973. The Kier molecular flexibility index (Phi) is 4.86. The van der Waals surface area contributed by atoms with Crippen molar-refractivity contribution in [1.29, 1.82) is 0 Å². The number of nitrogens with zero attached hydrogens (tertiary/aromatic N) is 4. The largest absolute Gasteiger partial charge is 0.376 e. The third kappa shape index (κ3) is 3.18. The van der Waals surface area contributed by atoms with E-state index in [9.17, 15) is 0 Å². The Labute approximate surface area is 191 Å². The van der Waals surface area contributed by atoms with Crippen molar-refractivity contribution in [3.8, 4) is 0 Å². The third-order valence-corrected chi connectivity index (χ3v) is 8.32.